The Morgan fingerprint density at radius 2 is 1.82 bits per heavy atom. The molecule has 1 aliphatic heterocycles. The highest BCUT2D eigenvalue weighted by molar-refractivity contribution is 9.10. The van der Waals surface area contributed by atoms with Gasteiger partial charge in [-0.3, -0.25) is 4.79 Å². The van der Waals surface area contributed by atoms with Crippen LogP contribution >= 0.6 is 15.9 Å². The largest absolute Gasteiger partial charge is 0.493 e. The van der Waals surface area contributed by atoms with Crippen LogP contribution in [-0.2, 0) is 11.3 Å². The Morgan fingerprint density at radius 1 is 1.07 bits per heavy atom. The number of hydrogen-bond acceptors (Lipinski definition) is 3. The van der Waals surface area contributed by atoms with Gasteiger partial charge in [0.2, 0.25) is 5.91 Å². The highest BCUT2D eigenvalue weighted by atomic mass is 79.9. The van der Waals surface area contributed by atoms with Crippen LogP contribution in [0.4, 0.5) is 0 Å². The number of ether oxygens (including phenoxy) is 2. The standard InChI is InChI=1S/C23H26BrNO3/c1-27-21-11-8-17(12-22(21)28-20-4-2-3-5-20)18-13-23(26)25(15-18)14-16-6-9-19(24)10-7-16/h6-12,18,20H,2-5,13-15H2,1H3/t18-/m0/s1. The van der Waals surface area contributed by atoms with E-state index in [-0.39, 0.29) is 17.9 Å². The van der Waals surface area contributed by atoms with Gasteiger partial charge in [-0.15, -0.1) is 0 Å². The van der Waals surface area contributed by atoms with Crippen molar-refractivity contribution in [2.75, 3.05) is 13.7 Å². The first kappa shape index (κ1) is 19.3. The van der Waals surface area contributed by atoms with E-state index in [0.717, 1.165) is 46.5 Å². The molecular formula is C23H26BrNO3. The average molecular weight is 444 g/mol. The van der Waals surface area contributed by atoms with Gasteiger partial charge >= 0.3 is 0 Å². The molecular weight excluding hydrogens is 418 g/mol. The fraction of sp³-hybridized carbons (Fsp3) is 0.435. The summed E-state index contributed by atoms with van der Waals surface area (Å²) in [5.74, 6) is 1.99. The number of methoxy groups -OCH3 is 1. The van der Waals surface area contributed by atoms with Gasteiger partial charge in [0.25, 0.3) is 0 Å². The van der Waals surface area contributed by atoms with E-state index in [1.54, 1.807) is 7.11 Å². The van der Waals surface area contributed by atoms with Gasteiger partial charge in [-0.2, -0.15) is 0 Å². The minimum Gasteiger partial charge on any atom is -0.493 e. The number of amides is 1. The summed E-state index contributed by atoms with van der Waals surface area (Å²) in [5, 5.41) is 0. The molecule has 1 amide bonds. The first-order valence-electron chi connectivity index (χ1n) is 9.99. The Bertz CT molecular complexity index is 830. The predicted octanol–water partition coefficient (Wildman–Crippen LogP) is 5.30. The van der Waals surface area contributed by atoms with Crippen LogP contribution in [0.25, 0.3) is 0 Å². The van der Waals surface area contributed by atoms with Crippen molar-refractivity contribution in [3.05, 3.63) is 58.1 Å². The highest BCUT2D eigenvalue weighted by Crippen LogP contribution is 2.37. The molecule has 0 aromatic heterocycles. The number of halogens is 1. The number of rotatable bonds is 6. The predicted molar refractivity (Wildman–Crippen MR) is 113 cm³/mol. The minimum absolute atomic E-state index is 0.194. The van der Waals surface area contributed by atoms with Gasteiger partial charge in [0.1, 0.15) is 0 Å². The molecule has 2 aromatic carbocycles. The SMILES string of the molecule is COc1ccc([C@H]2CC(=O)N(Cc3ccc(Br)cc3)C2)cc1OC1CCCC1. The second-order valence-corrected chi connectivity index (χ2v) is 8.65. The maximum absolute atomic E-state index is 12.6. The van der Waals surface area contributed by atoms with E-state index in [1.807, 2.05) is 23.1 Å². The van der Waals surface area contributed by atoms with Crippen molar-refractivity contribution >= 4 is 21.8 Å². The number of benzene rings is 2. The average Bonchev–Trinajstić information content (AvgIpc) is 3.34. The molecule has 1 aliphatic carbocycles. The molecule has 2 aromatic rings. The molecule has 5 heteroatoms. The molecule has 4 rings (SSSR count). The summed E-state index contributed by atoms with van der Waals surface area (Å²) in [5.41, 5.74) is 2.30. The van der Waals surface area contributed by atoms with Gasteiger partial charge in [0.05, 0.1) is 13.2 Å². The summed E-state index contributed by atoms with van der Waals surface area (Å²) < 4.78 is 12.8. The van der Waals surface area contributed by atoms with Crippen molar-refractivity contribution in [1.29, 1.82) is 0 Å². The van der Waals surface area contributed by atoms with Crippen LogP contribution in [0.3, 0.4) is 0 Å². The Kier molecular flexibility index (Phi) is 5.90. The van der Waals surface area contributed by atoms with Crippen molar-refractivity contribution in [1.82, 2.24) is 4.90 Å². The van der Waals surface area contributed by atoms with E-state index < -0.39 is 0 Å². The van der Waals surface area contributed by atoms with Crippen molar-refractivity contribution < 1.29 is 14.3 Å². The lowest BCUT2D eigenvalue weighted by atomic mass is 9.98. The second-order valence-electron chi connectivity index (χ2n) is 7.74. The molecule has 0 N–H and O–H groups in total. The second kappa shape index (κ2) is 8.56. The third-order valence-corrected chi connectivity index (χ3v) is 6.28. The van der Waals surface area contributed by atoms with E-state index in [9.17, 15) is 4.79 Å². The molecule has 1 atom stereocenters. The molecule has 0 unspecified atom stereocenters. The maximum atomic E-state index is 12.6. The first-order chi connectivity index (χ1) is 13.6. The lowest BCUT2D eigenvalue weighted by molar-refractivity contribution is -0.128. The molecule has 28 heavy (non-hydrogen) atoms. The van der Waals surface area contributed by atoms with Gasteiger partial charge in [-0.25, -0.2) is 0 Å². The normalized spacial score (nSPS) is 20.0. The number of likely N-dealkylation sites (tertiary alicyclic amines) is 1. The monoisotopic (exact) mass is 443 g/mol. The molecule has 0 bridgehead atoms. The van der Waals surface area contributed by atoms with Gasteiger partial charge in [0.15, 0.2) is 11.5 Å². The molecule has 148 valence electrons. The van der Waals surface area contributed by atoms with Crippen LogP contribution in [0.15, 0.2) is 46.9 Å². The third kappa shape index (κ3) is 4.35. The summed E-state index contributed by atoms with van der Waals surface area (Å²) in [6.45, 7) is 1.40. The molecule has 4 nitrogen and oxygen atoms in total. The third-order valence-electron chi connectivity index (χ3n) is 5.76. The van der Waals surface area contributed by atoms with Crippen LogP contribution in [0.5, 0.6) is 11.5 Å². The summed E-state index contributed by atoms with van der Waals surface area (Å²) in [6.07, 6.45) is 5.50. The Hall–Kier alpha value is -2.01. The maximum Gasteiger partial charge on any atom is 0.223 e. The quantitative estimate of drug-likeness (QED) is 0.608. The number of hydrogen-bond donors (Lipinski definition) is 0. The fourth-order valence-electron chi connectivity index (χ4n) is 4.18. The first-order valence-corrected chi connectivity index (χ1v) is 10.8. The highest BCUT2D eigenvalue weighted by Gasteiger charge is 2.31. The van der Waals surface area contributed by atoms with Crippen molar-refractivity contribution in [2.45, 2.75) is 50.7 Å². The van der Waals surface area contributed by atoms with Gasteiger partial charge in [-0.1, -0.05) is 34.1 Å². The number of carbonyl (C=O) groups is 1. The topological polar surface area (TPSA) is 38.8 Å². The zero-order valence-corrected chi connectivity index (χ0v) is 17.8. The van der Waals surface area contributed by atoms with E-state index in [2.05, 4.69) is 40.2 Å². The van der Waals surface area contributed by atoms with Crippen LogP contribution in [0.1, 0.15) is 49.1 Å². The lowest BCUT2D eigenvalue weighted by Crippen LogP contribution is -2.24. The Balaban J connectivity index is 1.47. The van der Waals surface area contributed by atoms with E-state index >= 15 is 0 Å². The zero-order valence-electron chi connectivity index (χ0n) is 16.2. The molecule has 1 saturated heterocycles. The summed E-state index contributed by atoms with van der Waals surface area (Å²) in [4.78, 5) is 14.5. The van der Waals surface area contributed by atoms with Crippen LogP contribution in [0, 0.1) is 0 Å². The lowest BCUT2D eigenvalue weighted by Gasteiger charge is -2.19. The summed E-state index contributed by atoms with van der Waals surface area (Å²) in [6, 6.07) is 14.3. The molecule has 0 radical (unpaired) electrons. The van der Waals surface area contributed by atoms with Crippen LogP contribution in [-0.4, -0.2) is 30.6 Å². The number of carbonyl (C=O) groups excluding carboxylic acids is 1. The molecule has 1 saturated carbocycles. The van der Waals surface area contributed by atoms with Crippen molar-refractivity contribution in [2.24, 2.45) is 0 Å². The molecule has 0 spiro atoms. The van der Waals surface area contributed by atoms with Crippen molar-refractivity contribution in [3.63, 3.8) is 0 Å². The van der Waals surface area contributed by atoms with Crippen LogP contribution in [0.2, 0.25) is 0 Å². The van der Waals surface area contributed by atoms with E-state index in [1.165, 1.54) is 12.8 Å². The van der Waals surface area contributed by atoms with Crippen molar-refractivity contribution in [3.8, 4) is 11.5 Å². The summed E-state index contributed by atoms with van der Waals surface area (Å²) in [7, 11) is 1.68. The van der Waals surface area contributed by atoms with Gasteiger partial charge in [-0.05, 0) is 61.1 Å². The molecule has 1 heterocycles. The van der Waals surface area contributed by atoms with Gasteiger partial charge in [0, 0.05) is 29.9 Å². The Labute approximate surface area is 175 Å². The van der Waals surface area contributed by atoms with E-state index in [0.29, 0.717) is 13.0 Å². The summed E-state index contributed by atoms with van der Waals surface area (Å²) >= 11 is 3.46. The van der Waals surface area contributed by atoms with Crippen LogP contribution < -0.4 is 9.47 Å². The molecule has 2 aliphatic rings. The Morgan fingerprint density at radius 3 is 2.54 bits per heavy atom. The number of nitrogens with zero attached hydrogens (tertiary/aromatic N) is 1. The minimum atomic E-state index is 0.194. The van der Waals surface area contributed by atoms with E-state index in [4.69, 9.17) is 9.47 Å². The zero-order chi connectivity index (χ0) is 19.5. The fourth-order valence-corrected chi connectivity index (χ4v) is 4.45. The molecule has 2 fully saturated rings. The van der Waals surface area contributed by atoms with Gasteiger partial charge < -0.3 is 14.4 Å². The smallest absolute Gasteiger partial charge is 0.223 e.